The van der Waals surface area contributed by atoms with Crippen LogP contribution in [0, 0.1) is 5.92 Å². The summed E-state index contributed by atoms with van der Waals surface area (Å²) >= 11 is 0. The lowest BCUT2D eigenvalue weighted by Crippen LogP contribution is -2.47. The van der Waals surface area contributed by atoms with Crippen molar-refractivity contribution in [3.63, 3.8) is 0 Å². The first-order chi connectivity index (χ1) is 6.79. The van der Waals surface area contributed by atoms with Crippen LogP contribution in [0.5, 0.6) is 0 Å². The van der Waals surface area contributed by atoms with E-state index in [2.05, 4.69) is 13.8 Å². The molecule has 0 saturated heterocycles. The SMILES string of the molecule is CCCC(C)(N)C(=O)OC(C)CC(C)C. The molecule has 0 aliphatic heterocycles. The minimum atomic E-state index is -0.833. The molecule has 2 atom stereocenters. The molecule has 0 bridgehead atoms. The summed E-state index contributed by atoms with van der Waals surface area (Å²) in [7, 11) is 0. The fraction of sp³-hybridized carbons (Fsp3) is 0.917. The molecular formula is C12H25NO2. The minimum absolute atomic E-state index is 0.0442. The van der Waals surface area contributed by atoms with Crippen LogP contribution in [-0.4, -0.2) is 17.6 Å². The standard InChI is InChI=1S/C12H25NO2/c1-6-7-12(5,13)11(14)15-10(4)8-9(2)3/h9-10H,6-8,13H2,1-5H3. The molecule has 15 heavy (non-hydrogen) atoms. The average Bonchev–Trinajstić information content (AvgIpc) is 2.01. The Kier molecular flexibility index (Phi) is 5.88. The maximum atomic E-state index is 11.7. The Morgan fingerprint density at radius 2 is 1.93 bits per heavy atom. The summed E-state index contributed by atoms with van der Waals surface area (Å²) in [6, 6.07) is 0. The van der Waals surface area contributed by atoms with Gasteiger partial charge < -0.3 is 10.5 Å². The molecular weight excluding hydrogens is 190 g/mol. The highest BCUT2D eigenvalue weighted by Gasteiger charge is 2.30. The van der Waals surface area contributed by atoms with Crippen molar-refractivity contribution in [2.24, 2.45) is 11.7 Å². The maximum absolute atomic E-state index is 11.7. The van der Waals surface area contributed by atoms with Crippen LogP contribution in [0.3, 0.4) is 0 Å². The van der Waals surface area contributed by atoms with Crippen molar-refractivity contribution < 1.29 is 9.53 Å². The van der Waals surface area contributed by atoms with Crippen LogP contribution in [0.2, 0.25) is 0 Å². The zero-order chi connectivity index (χ0) is 12.1. The number of carbonyl (C=O) groups excluding carboxylic acids is 1. The molecule has 2 N–H and O–H groups in total. The van der Waals surface area contributed by atoms with Gasteiger partial charge in [-0.05, 0) is 32.6 Å². The molecule has 3 nitrogen and oxygen atoms in total. The van der Waals surface area contributed by atoms with E-state index in [-0.39, 0.29) is 12.1 Å². The van der Waals surface area contributed by atoms with Gasteiger partial charge >= 0.3 is 5.97 Å². The van der Waals surface area contributed by atoms with E-state index < -0.39 is 5.54 Å². The first-order valence-electron chi connectivity index (χ1n) is 5.79. The lowest BCUT2D eigenvalue weighted by Gasteiger charge is -2.25. The molecule has 0 amide bonds. The van der Waals surface area contributed by atoms with Crippen molar-refractivity contribution in [1.82, 2.24) is 0 Å². The van der Waals surface area contributed by atoms with Crippen LogP contribution < -0.4 is 5.73 Å². The Bertz CT molecular complexity index is 200. The molecule has 0 heterocycles. The Balaban J connectivity index is 4.11. The zero-order valence-corrected chi connectivity index (χ0v) is 10.7. The van der Waals surface area contributed by atoms with E-state index in [1.165, 1.54) is 0 Å². The van der Waals surface area contributed by atoms with Crippen LogP contribution >= 0.6 is 0 Å². The normalized spacial score (nSPS) is 17.3. The van der Waals surface area contributed by atoms with Crippen molar-refractivity contribution in [2.45, 2.75) is 65.5 Å². The molecule has 0 aliphatic carbocycles. The Labute approximate surface area is 93.4 Å². The molecule has 0 rings (SSSR count). The molecule has 0 fully saturated rings. The number of rotatable bonds is 6. The van der Waals surface area contributed by atoms with Gasteiger partial charge in [-0.2, -0.15) is 0 Å². The molecule has 0 spiro atoms. The van der Waals surface area contributed by atoms with Gasteiger partial charge in [0.15, 0.2) is 0 Å². The van der Waals surface area contributed by atoms with E-state index in [1.54, 1.807) is 6.92 Å². The zero-order valence-electron chi connectivity index (χ0n) is 10.7. The maximum Gasteiger partial charge on any atom is 0.326 e. The summed E-state index contributed by atoms with van der Waals surface area (Å²) in [6.07, 6.45) is 2.40. The summed E-state index contributed by atoms with van der Waals surface area (Å²) in [4.78, 5) is 11.7. The molecule has 0 aromatic heterocycles. The van der Waals surface area contributed by atoms with Gasteiger partial charge in [0.25, 0.3) is 0 Å². The lowest BCUT2D eigenvalue weighted by atomic mass is 9.98. The summed E-state index contributed by atoms with van der Waals surface area (Å²) in [5.41, 5.74) is 5.04. The topological polar surface area (TPSA) is 52.3 Å². The van der Waals surface area contributed by atoms with E-state index in [0.29, 0.717) is 12.3 Å². The highest BCUT2D eigenvalue weighted by Crippen LogP contribution is 2.14. The highest BCUT2D eigenvalue weighted by molar-refractivity contribution is 5.80. The van der Waals surface area contributed by atoms with Gasteiger partial charge in [0.1, 0.15) is 5.54 Å². The number of hydrogen-bond donors (Lipinski definition) is 1. The molecule has 3 heteroatoms. The van der Waals surface area contributed by atoms with Crippen molar-refractivity contribution in [3.8, 4) is 0 Å². The van der Waals surface area contributed by atoms with Gasteiger partial charge in [0.05, 0.1) is 6.10 Å². The van der Waals surface area contributed by atoms with Gasteiger partial charge in [0.2, 0.25) is 0 Å². The molecule has 0 radical (unpaired) electrons. The fourth-order valence-corrected chi connectivity index (χ4v) is 1.65. The smallest absolute Gasteiger partial charge is 0.326 e. The second-order valence-electron chi connectivity index (χ2n) is 5.01. The van der Waals surface area contributed by atoms with Crippen LogP contribution in [0.25, 0.3) is 0 Å². The van der Waals surface area contributed by atoms with E-state index in [4.69, 9.17) is 10.5 Å². The van der Waals surface area contributed by atoms with E-state index in [1.807, 2.05) is 13.8 Å². The first-order valence-corrected chi connectivity index (χ1v) is 5.79. The van der Waals surface area contributed by atoms with Crippen molar-refractivity contribution in [2.75, 3.05) is 0 Å². The lowest BCUT2D eigenvalue weighted by molar-refractivity contribution is -0.155. The minimum Gasteiger partial charge on any atom is -0.461 e. The molecule has 0 aromatic rings. The van der Waals surface area contributed by atoms with Gasteiger partial charge in [-0.15, -0.1) is 0 Å². The molecule has 0 aliphatic rings. The van der Waals surface area contributed by atoms with Crippen molar-refractivity contribution >= 4 is 5.97 Å². The van der Waals surface area contributed by atoms with E-state index in [0.717, 1.165) is 12.8 Å². The highest BCUT2D eigenvalue weighted by atomic mass is 16.5. The van der Waals surface area contributed by atoms with E-state index >= 15 is 0 Å². The number of hydrogen-bond acceptors (Lipinski definition) is 3. The Hall–Kier alpha value is -0.570. The summed E-state index contributed by atoms with van der Waals surface area (Å²) in [5.74, 6) is 0.250. The van der Waals surface area contributed by atoms with Crippen LogP contribution in [0.4, 0.5) is 0 Å². The third-order valence-electron chi connectivity index (χ3n) is 2.35. The van der Waals surface area contributed by atoms with Gasteiger partial charge in [-0.25, -0.2) is 0 Å². The number of esters is 1. The van der Waals surface area contributed by atoms with Crippen LogP contribution in [0.15, 0.2) is 0 Å². The largest absolute Gasteiger partial charge is 0.461 e. The Morgan fingerprint density at radius 3 is 2.33 bits per heavy atom. The number of carbonyl (C=O) groups is 1. The fourth-order valence-electron chi connectivity index (χ4n) is 1.65. The molecule has 90 valence electrons. The summed E-state index contributed by atoms with van der Waals surface area (Å²) in [6.45, 7) is 9.88. The Morgan fingerprint density at radius 1 is 1.40 bits per heavy atom. The second kappa shape index (κ2) is 6.11. The van der Waals surface area contributed by atoms with Crippen LogP contribution in [-0.2, 0) is 9.53 Å². The van der Waals surface area contributed by atoms with Crippen molar-refractivity contribution in [3.05, 3.63) is 0 Å². The monoisotopic (exact) mass is 215 g/mol. The number of nitrogens with two attached hydrogens (primary N) is 1. The predicted molar refractivity (Wildman–Crippen MR) is 62.5 cm³/mol. The summed E-state index contributed by atoms with van der Waals surface area (Å²) < 4.78 is 5.31. The summed E-state index contributed by atoms with van der Waals surface area (Å²) in [5, 5.41) is 0. The number of ether oxygens (including phenoxy) is 1. The van der Waals surface area contributed by atoms with Gasteiger partial charge in [0, 0.05) is 0 Å². The predicted octanol–water partition coefficient (Wildman–Crippen LogP) is 2.48. The third kappa shape index (κ3) is 5.78. The first kappa shape index (κ1) is 14.4. The molecule has 2 unspecified atom stereocenters. The average molecular weight is 215 g/mol. The van der Waals surface area contributed by atoms with Crippen molar-refractivity contribution in [1.29, 1.82) is 0 Å². The molecule has 0 aromatic carbocycles. The molecule has 0 saturated carbocycles. The van der Waals surface area contributed by atoms with Gasteiger partial charge in [-0.1, -0.05) is 27.2 Å². The second-order valence-corrected chi connectivity index (χ2v) is 5.01. The quantitative estimate of drug-likeness (QED) is 0.692. The van der Waals surface area contributed by atoms with E-state index in [9.17, 15) is 4.79 Å². The van der Waals surface area contributed by atoms with Gasteiger partial charge in [-0.3, -0.25) is 4.79 Å². The van der Waals surface area contributed by atoms with Crippen LogP contribution in [0.1, 0.15) is 53.9 Å². The third-order valence-corrected chi connectivity index (χ3v) is 2.35.